The molecule has 2 saturated carbocycles. The van der Waals surface area contributed by atoms with E-state index in [2.05, 4.69) is 6.92 Å². The number of hydrogen-bond donors (Lipinski definition) is 0. The van der Waals surface area contributed by atoms with Gasteiger partial charge in [0.1, 0.15) is 6.29 Å². The lowest BCUT2D eigenvalue weighted by Gasteiger charge is -2.27. The summed E-state index contributed by atoms with van der Waals surface area (Å²) in [4.78, 5) is 10.7. The fourth-order valence-electron chi connectivity index (χ4n) is 2.79. The van der Waals surface area contributed by atoms with Gasteiger partial charge in [0, 0.05) is 5.41 Å². The molecule has 0 unspecified atom stereocenters. The second-order valence-electron chi connectivity index (χ2n) is 4.20. The molecule has 2 aliphatic rings. The van der Waals surface area contributed by atoms with Gasteiger partial charge < -0.3 is 4.79 Å². The Labute approximate surface area is 61.8 Å². The monoisotopic (exact) mass is 138 g/mol. The van der Waals surface area contributed by atoms with Crippen LogP contribution in [0.25, 0.3) is 0 Å². The summed E-state index contributed by atoms with van der Waals surface area (Å²) in [6.45, 7) is 2.13. The van der Waals surface area contributed by atoms with Crippen LogP contribution >= 0.6 is 0 Å². The summed E-state index contributed by atoms with van der Waals surface area (Å²) in [5.74, 6) is 1.62. The van der Waals surface area contributed by atoms with Crippen molar-refractivity contribution in [1.29, 1.82) is 0 Å². The largest absolute Gasteiger partial charge is 0.303 e. The molecule has 0 aliphatic heterocycles. The molecule has 56 valence electrons. The highest BCUT2D eigenvalue weighted by molar-refractivity contribution is 5.60. The van der Waals surface area contributed by atoms with Crippen LogP contribution in [-0.2, 0) is 4.79 Å². The molecule has 2 aliphatic carbocycles. The molecule has 0 N–H and O–H groups in total. The molecule has 2 fully saturated rings. The summed E-state index contributed by atoms with van der Waals surface area (Å²) in [7, 11) is 0. The Morgan fingerprint density at radius 3 is 2.60 bits per heavy atom. The first kappa shape index (κ1) is 6.38. The van der Waals surface area contributed by atoms with Crippen molar-refractivity contribution in [2.45, 2.75) is 32.6 Å². The van der Waals surface area contributed by atoms with Gasteiger partial charge in [0.2, 0.25) is 0 Å². The van der Waals surface area contributed by atoms with E-state index in [0.29, 0.717) is 0 Å². The van der Waals surface area contributed by atoms with Gasteiger partial charge in [-0.3, -0.25) is 0 Å². The molecule has 2 bridgehead atoms. The van der Waals surface area contributed by atoms with Crippen LogP contribution in [0.2, 0.25) is 0 Å². The molecule has 0 radical (unpaired) electrons. The number of aldehydes is 1. The number of fused-ring (bicyclic) bond motifs is 2. The molecule has 3 atom stereocenters. The van der Waals surface area contributed by atoms with Gasteiger partial charge in [-0.15, -0.1) is 0 Å². The van der Waals surface area contributed by atoms with Crippen LogP contribution < -0.4 is 0 Å². The first-order valence-electron chi connectivity index (χ1n) is 4.21. The van der Waals surface area contributed by atoms with Gasteiger partial charge >= 0.3 is 0 Å². The summed E-state index contributed by atoms with van der Waals surface area (Å²) in [5, 5.41) is 0. The predicted octanol–water partition coefficient (Wildman–Crippen LogP) is 2.01. The molecule has 0 spiro atoms. The molecule has 1 nitrogen and oxygen atoms in total. The van der Waals surface area contributed by atoms with Crippen molar-refractivity contribution in [2.75, 3.05) is 0 Å². The van der Waals surface area contributed by atoms with Crippen LogP contribution in [0.5, 0.6) is 0 Å². The van der Waals surface area contributed by atoms with E-state index in [1.165, 1.54) is 32.0 Å². The summed E-state index contributed by atoms with van der Waals surface area (Å²) in [6.07, 6.45) is 6.38. The minimum absolute atomic E-state index is 0.0723. The van der Waals surface area contributed by atoms with Gasteiger partial charge in [-0.05, 0) is 31.1 Å². The maximum Gasteiger partial charge on any atom is 0.126 e. The maximum absolute atomic E-state index is 10.7. The third-order valence-electron chi connectivity index (χ3n) is 3.47. The van der Waals surface area contributed by atoms with Crippen molar-refractivity contribution >= 4 is 6.29 Å². The Morgan fingerprint density at radius 1 is 1.50 bits per heavy atom. The number of rotatable bonds is 1. The third-order valence-corrected chi connectivity index (χ3v) is 3.47. The minimum atomic E-state index is 0.0723. The first-order chi connectivity index (χ1) is 4.74. The number of carbonyl (C=O) groups is 1. The number of carbonyl (C=O) groups excluding carboxylic acids is 1. The Morgan fingerprint density at radius 2 is 2.30 bits per heavy atom. The number of hydrogen-bond acceptors (Lipinski definition) is 1. The average Bonchev–Trinajstić information content (AvgIpc) is 2.46. The fraction of sp³-hybridized carbons (Fsp3) is 0.889. The van der Waals surface area contributed by atoms with Crippen LogP contribution in [0.3, 0.4) is 0 Å². The topological polar surface area (TPSA) is 17.1 Å². The van der Waals surface area contributed by atoms with E-state index in [-0.39, 0.29) is 5.41 Å². The summed E-state index contributed by atoms with van der Waals surface area (Å²) >= 11 is 0. The lowest BCUT2D eigenvalue weighted by Crippen LogP contribution is -2.25. The molecule has 0 aromatic heterocycles. The van der Waals surface area contributed by atoms with Crippen molar-refractivity contribution in [1.82, 2.24) is 0 Å². The third kappa shape index (κ3) is 0.664. The van der Waals surface area contributed by atoms with E-state index in [1.807, 2.05) is 0 Å². The molecule has 0 saturated heterocycles. The second-order valence-corrected chi connectivity index (χ2v) is 4.20. The lowest BCUT2D eigenvalue weighted by molar-refractivity contribution is -0.117. The van der Waals surface area contributed by atoms with Gasteiger partial charge in [0.25, 0.3) is 0 Å². The van der Waals surface area contributed by atoms with Crippen LogP contribution in [0.15, 0.2) is 0 Å². The summed E-state index contributed by atoms with van der Waals surface area (Å²) in [6, 6.07) is 0. The maximum atomic E-state index is 10.7. The van der Waals surface area contributed by atoms with E-state index in [0.717, 1.165) is 11.8 Å². The van der Waals surface area contributed by atoms with E-state index in [9.17, 15) is 4.79 Å². The van der Waals surface area contributed by atoms with E-state index >= 15 is 0 Å². The van der Waals surface area contributed by atoms with E-state index in [4.69, 9.17) is 0 Å². The zero-order chi connectivity index (χ0) is 7.19. The minimum Gasteiger partial charge on any atom is -0.303 e. The summed E-state index contributed by atoms with van der Waals surface area (Å²) < 4.78 is 0. The predicted molar refractivity (Wildman–Crippen MR) is 39.6 cm³/mol. The van der Waals surface area contributed by atoms with Gasteiger partial charge in [0.15, 0.2) is 0 Å². The van der Waals surface area contributed by atoms with Crippen LogP contribution in [0, 0.1) is 17.3 Å². The molecule has 0 aromatic rings. The normalized spacial score (nSPS) is 51.7. The van der Waals surface area contributed by atoms with Crippen LogP contribution in [0.4, 0.5) is 0 Å². The highest BCUT2D eigenvalue weighted by atomic mass is 16.1. The molecule has 2 rings (SSSR count). The smallest absolute Gasteiger partial charge is 0.126 e. The van der Waals surface area contributed by atoms with Crippen molar-refractivity contribution in [2.24, 2.45) is 17.3 Å². The lowest BCUT2D eigenvalue weighted by atomic mass is 9.76. The van der Waals surface area contributed by atoms with Crippen molar-refractivity contribution in [3.8, 4) is 0 Å². The molecular weight excluding hydrogens is 124 g/mol. The highest BCUT2D eigenvalue weighted by Gasteiger charge is 2.47. The van der Waals surface area contributed by atoms with Crippen molar-refractivity contribution < 1.29 is 4.79 Å². The second kappa shape index (κ2) is 1.84. The Bertz CT molecular complexity index is 164. The summed E-state index contributed by atoms with van der Waals surface area (Å²) in [5.41, 5.74) is 0.0723. The first-order valence-corrected chi connectivity index (χ1v) is 4.21. The van der Waals surface area contributed by atoms with E-state index in [1.54, 1.807) is 0 Å². The molecule has 0 heterocycles. The van der Waals surface area contributed by atoms with Crippen molar-refractivity contribution in [3.63, 3.8) is 0 Å². The van der Waals surface area contributed by atoms with Crippen LogP contribution in [-0.4, -0.2) is 6.29 Å². The Balaban J connectivity index is 2.21. The fourth-order valence-corrected chi connectivity index (χ4v) is 2.79. The van der Waals surface area contributed by atoms with E-state index < -0.39 is 0 Å². The molecule has 0 amide bonds. The quantitative estimate of drug-likeness (QED) is 0.506. The van der Waals surface area contributed by atoms with Gasteiger partial charge in [-0.2, -0.15) is 0 Å². The molecule has 1 heteroatoms. The Kier molecular flexibility index (Phi) is 1.17. The molecular formula is C9H14O. The zero-order valence-corrected chi connectivity index (χ0v) is 6.47. The van der Waals surface area contributed by atoms with Gasteiger partial charge in [-0.25, -0.2) is 0 Å². The Hall–Kier alpha value is -0.330. The van der Waals surface area contributed by atoms with Crippen molar-refractivity contribution in [3.05, 3.63) is 0 Å². The van der Waals surface area contributed by atoms with Crippen LogP contribution in [0.1, 0.15) is 32.6 Å². The standard InChI is InChI=1S/C9H14O/c1-9(6-10)5-7-2-3-8(9)4-7/h6-8H,2-5H2,1H3/t7-,8+,9-/m1/s1. The average molecular weight is 138 g/mol. The van der Waals surface area contributed by atoms with Gasteiger partial charge in [0.05, 0.1) is 0 Å². The highest BCUT2D eigenvalue weighted by Crippen LogP contribution is 2.54. The van der Waals surface area contributed by atoms with Gasteiger partial charge in [-0.1, -0.05) is 13.3 Å². The zero-order valence-electron chi connectivity index (χ0n) is 6.47. The molecule has 0 aromatic carbocycles. The molecule has 10 heavy (non-hydrogen) atoms. The SMILES string of the molecule is C[C@]1(C=O)C[C@@H]2CC[C@H]1C2.